The number of terminal acetylenes is 4. The van der Waals surface area contributed by atoms with E-state index in [2.05, 4.69) is 47.9 Å². The van der Waals surface area contributed by atoms with E-state index in [1.165, 1.54) is 81.8 Å². The highest BCUT2D eigenvalue weighted by Gasteiger charge is 2.71. The van der Waals surface area contributed by atoms with Crippen molar-refractivity contribution >= 4 is 0 Å². The van der Waals surface area contributed by atoms with Crippen LogP contribution in [0.5, 0.6) is 0 Å². The second-order valence-corrected chi connectivity index (χ2v) is 15.2. The van der Waals surface area contributed by atoms with Gasteiger partial charge in [-0.25, -0.2) is 0 Å². The van der Waals surface area contributed by atoms with Crippen molar-refractivity contribution in [1.82, 2.24) is 0 Å². The highest BCUT2D eigenvalue weighted by molar-refractivity contribution is 5.52. The molecule has 10 rings (SSSR count). The Morgan fingerprint density at radius 2 is 0.825 bits per heavy atom. The van der Waals surface area contributed by atoms with Gasteiger partial charge in [0.25, 0.3) is 0 Å². The molecule has 2 aromatic carbocycles. The molecule has 2 aromatic rings. The molecule has 8 aliphatic rings. The van der Waals surface area contributed by atoms with Crippen LogP contribution in [0.3, 0.4) is 0 Å². The third kappa shape index (κ3) is 3.27. The number of rotatable bonds is 3. The fourth-order valence-corrected chi connectivity index (χ4v) is 12.6. The molecular weight excluding hydrogens is 480 g/mol. The van der Waals surface area contributed by atoms with E-state index in [0.29, 0.717) is 16.7 Å². The molecule has 0 spiro atoms. The normalized spacial score (nSPS) is 41.6. The van der Waals surface area contributed by atoms with E-state index in [4.69, 9.17) is 25.7 Å². The van der Waals surface area contributed by atoms with Crippen molar-refractivity contribution in [1.29, 1.82) is 0 Å². The minimum Gasteiger partial charge on any atom is -0.115 e. The van der Waals surface area contributed by atoms with E-state index in [-0.39, 0.29) is 10.8 Å². The molecule has 8 saturated carbocycles. The van der Waals surface area contributed by atoms with Crippen LogP contribution < -0.4 is 0 Å². The predicted octanol–water partition coefficient (Wildman–Crippen LogP) is 7.99. The average molecular weight is 519 g/mol. The summed E-state index contributed by atoms with van der Waals surface area (Å²) in [7, 11) is 0. The fraction of sp³-hybridized carbons (Fsp3) is 0.500. The summed E-state index contributed by atoms with van der Waals surface area (Å²) in [6.07, 6.45) is 40.4. The largest absolute Gasteiger partial charge is 0.115 e. The van der Waals surface area contributed by atoms with E-state index in [1.807, 2.05) is 12.1 Å². The molecule has 0 radical (unpaired) electrons. The molecule has 8 fully saturated rings. The Bertz CT molecular complexity index is 1410. The summed E-state index contributed by atoms with van der Waals surface area (Å²) in [6, 6.07) is 13.2. The first-order valence-corrected chi connectivity index (χ1v) is 15.5. The molecule has 2 unspecified atom stereocenters. The van der Waals surface area contributed by atoms with Gasteiger partial charge in [0, 0.05) is 22.3 Å². The molecule has 0 amide bonds. The number of hydrogen-bond donors (Lipinski definition) is 0. The molecular formula is C40H38. The van der Waals surface area contributed by atoms with Crippen molar-refractivity contribution in [2.45, 2.75) is 87.9 Å². The zero-order chi connectivity index (χ0) is 27.3. The van der Waals surface area contributed by atoms with Gasteiger partial charge in [-0.05, 0) is 170 Å². The van der Waals surface area contributed by atoms with E-state index < -0.39 is 0 Å². The molecule has 0 heteroatoms. The van der Waals surface area contributed by atoms with E-state index in [1.54, 1.807) is 0 Å². The standard InChI is InChI=1S/C40H38/c1-5-27-9-28(6-2)15-35(14-27)37-18-34-19-38(24-37,36-16-29(7-3)10-30(8-4)17-36)26-40(23-34,25-37)39-20-31-11-32(21-39)13-33(12-31)22-39/h1-4,9-10,14-17,31-34H,11-13,18-26H2. The van der Waals surface area contributed by atoms with Crippen LogP contribution in [0.1, 0.15) is 110 Å². The van der Waals surface area contributed by atoms with E-state index in [0.717, 1.165) is 46.4 Å². The van der Waals surface area contributed by atoms with Crippen molar-refractivity contribution in [2.24, 2.45) is 34.5 Å². The molecule has 0 heterocycles. The van der Waals surface area contributed by atoms with Crippen molar-refractivity contribution < 1.29 is 0 Å². The van der Waals surface area contributed by atoms with E-state index >= 15 is 0 Å². The SMILES string of the molecule is C#Cc1cc(C#C)cc(C23CC4CC(c5cc(C#C)cc(C#C)c5)(C2)CC(C25CC6CC(CC(C6)C2)C5)(C4)C3)c1. The Labute approximate surface area is 241 Å². The average Bonchev–Trinajstić information content (AvgIpc) is 2.95. The summed E-state index contributed by atoms with van der Waals surface area (Å²) in [5, 5.41) is 0. The maximum atomic E-state index is 5.99. The molecule has 0 nitrogen and oxygen atoms in total. The fourth-order valence-electron chi connectivity index (χ4n) is 12.6. The monoisotopic (exact) mass is 518 g/mol. The molecule has 8 aliphatic carbocycles. The quantitative estimate of drug-likeness (QED) is 0.361. The number of benzene rings is 2. The van der Waals surface area contributed by atoms with Gasteiger partial charge < -0.3 is 0 Å². The van der Waals surface area contributed by atoms with Gasteiger partial charge in [-0.1, -0.05) is 23.7 Å². The Kier molecular flexibility index (Phi) is 4.97. The third-order valence-corrected chi connectivity index (χ3v) is 13.0. The summed E-state index contributed by atoms with van der Waals surface area (Å²) in [6.45, 7) is 0. The zero-order valence-corrected chi connectivity index (χ0v) is 23.6. The topological polar surface area (TPSA) is 0 Å². The molecule has 0 aromatic heterocycles. The van der Waals surface area contributed by atoms with Crippen LogP contribution in [0.15, 0.2) is 36.4 Å². The van der Waals surface area contributed by atoms with Crippen LogP contribution >= 0.6 is 0 Å². The van der Waals surface area contributed by atoms with Crippen LogP contribution in [-0.4, -0.2) is 0 Å². The smallest absolute Gasteiger partial charge is 0.0257 e. The van der Waals surface area contributed by atoms with Gasteiger partial charge in [0.1, 0.15) is 0 Å². The third-order valence-electron chi connectivity index (χ3n) is 13.0. The Morgan fingerprint density at radius 3 is 1.20 bits per heavy atom. The Hall–Kier alpha value is -3.32. The molecule has 0 N–H and O–H groups in total. The highest BCUT2D eigenvalue weighted by Crippen LogP contribution is 2.79. The lowest BCUT2D eigenvalue weighted by Crippen LogP contribution is -2.67. The molecule has 2 atom stereocenters. The van der Waals surface area contributed by atoms with Crippen molar-refractivity contribution in [2.75, 3.05) is 0 Å². The molecule has 0 saturated heterocycles. The molecule has 198 valence electrons. The number of hydrogen-bond acceptors (Lipinski definition) is 0. The van der Waals surface area contributed by atoms with Crippen LogP contribution in [0.2, 0.25) is 0 Å². The van der Waals surface area contributed by atoms with Gasteiger partial charge in [-0.3, -0.25) is 0 Å². The second kappa shape index (κ2) is 8.12. The zero-order valence-electron chi connectivity index (χ0n) is 23.6. The van der Waals surface area contributed by atoms with Crippen molar-refractivity contribution in [3.8, 4) is 49.4 Å². The molecule has 0 aliphatic heterocycles. The maximum absolute atomic E-state index is 5.99. The van der Waals surface area contributed by atoms with Gasteiger partial charge in [0.15, 0.2) is 0 Å². The van der Waals surface area contributed by atoms with Gasteiger partial charge >= 0.3 is 0 Å². The predicted molar refractivity (Wildman–Crippen MR) is 162 cm³/mol. The lowest BCUT2D eigenvalue weighted by atomic mass is 9.29. The van der Waals surface area contributed by atoms with Crippen molar-refractivity contribution in [3.05, 3.63) is 69.8 Å². The second-order valence-electron chi connectivity index (χ2n) is 15.2. The van der Waals surface area contributed by atoms with Gasteiger partial charge in [-0.15, -0.1) is 25.7 Å². The van der Waals surface area contributed by atoms with Gasteiger partial charge in [-0.2, -0.15) is 0 Å². The lowest BCUT2D eigenvalue weighted by Gasteiger charge is -2.75. The van der Waals surface area contributed by atoms with Crippen LogP contribution in [0.25, 0.3) is 0 Å². The summed E-state index contributed by atoms with van der Waals surface area (Å²) in [4.78, 5) is 0. The Morgan fingerprint density at radius 1 is 0.450 bits per heavy atom. The molecule has 8 bridgehead atoms. The summed E-state index contributed by atoms with van der Waals surface area (Å²) < 4.78 is 0. The first kappa shape index (κ1) is 24.5. The van der Waals surface area contributed by atoms with Crippen LogP contribution in [0.4, 0.5) is 0 Å². The van der Waals surface area contributed by atoms with Gasteiger partial charge in [0.05, 0.1) is 0 Å². The van der Waals surface area contributed by atoms with Crippen molar-refractivity contribution in [3.63, 3.8) is 0 Å². The van der Waals surface area contributed by atoms with Gasteiger partial charge in [0.2, 0.25) is 0 Å². The van der Waals surface area contributed by atoms with Crippen LogP contribution in [0, 0.1) is 83.9 Å². The first-order chi connectivity index (χ1) is 19.3. The highest BCUT2D eigenvalue weighted by atomic mass is 14.7. The maximum Gasteiger partial charge on any atom is 0.0257 e. The van der Waals surface area contributed by atoms with E-state index in [9.17, 15) is 0 Å². The summed E-state index contributed by atoms with van der Waals surface area (Å²) in [5.41, 5.74) is 7.47. The summed E-state index contributed by atoms with van der Waals surface area (Å²) in [5.74, 6) is 15.2. The summed E-state index contributed by atoms with van der Waals surface area (Å²) >= 11 is 0. The minimum absolute atomic E-state index is 0.0870. The Balaban J connectivity index is 1.35. The molecule has 40 heavy (non-hydrogen) atoms. The first-order valence-electron chi connectivity index (χ1n) is 15.5. The lowest BCUT2D eigenvalue weighted by molar-refractivity contribution is -0.213. The van der Waals surface area contributed by atoms with Crippen LogP contribution in [-0.2, 0) is 10.8 Å². The minimum atomic E-state index is 0.0870.